The summed E-state index contributed by atoms with van der Waals surface area (Å²) in [5, 5.41) is 0. The molecule has 0 unspecified atom stereocenters. The lowest BCUT2D eigenvalue weighted by Crippen LogP contribution is -2.43. The molecule has 1 saturated heterocycles. The molecular weight excluding hydrogens is 238 g/mol. The smallest absolute Gasteiger partial charge is 0.410 e. The summed E-state index contributed by atoms with van der Waals surface area (Å²) in [6.07, 6.45) is 8.86. The van der Waals surface area contributed by atoms with Crippen LogP contribution < -0.4 is 0 Å². The van der Waals surface area contributed by atoms with Crippen LogP contribution in [0, 0.1) is 12.3 Å². The molecule has 0 saturated carbocycles. The summed E-state index contributed by atoms with van der Waals surface area (Å²) in [5.41, 5.74) is 1.00. The van der Waals surface area contributed by atoms with Crippen LogP contribution in [0.25, 0.3) is 0 Å². The maximum absolute atomic E-state index is 12.1. The summed E-state index contributed by atoms with van der Waals surface area (Å²) < 4.78 is 5.36. The zero-order chi connectivity index (χ0) is 13.5. The highest BCUT2D eigenvalue weighted by Crippen LogP contribution is 2.20. The molecule has 0 aromatic heterocycles. The number of piperidine rings is 1. The second-order valence-corrected chi connectivity index (χ2v) is 4.79. The summed E-state index contributed by atoms with van der Waals surface area (Å²) in [6.45, 7) is 1.07. The number of benzene rings is 1. The number of hydrogen-bond donors (Lipinski definition) is 0. The Morgan fingerprint density at radius 2 is 2.16 bits per heavy atom. The number of amides is 1. The Labute approximate surface area is 114 Å². The average Bonchev–Trinajstić information content (AvgIpc) is 2.47. The molecule has 1 fully saturated rings. The maximum atomic E-state index is 12.1. The van der Waals surface area contributed by atoms with Crippen molar-refractivity contribution in [2.45, 2.75) is 38.3 Å². The van der Waals surface area contributed by atoms with Crippen LogP contribution in [0.3, 0.4) is 0 Å². The van der Waals surface area contributed by atoms with Gasteiger partial charge < -0.3 is 9.64 Å². The molecule has 1 aliphatic rings. The molecule has 1 heterocycles. The van der Waals surface area contributed by atoms with Gasteiger partial charge in [0.05, 0.1) is 0 Å². The highest BCUT2D eigenvalue weighted by molar-refractivity contribution is 5.68. The highest BCUT2D eigenvalue weighted by Gasteiger charge is 2.26. The molecule has 100 valence electrons. The molecule has 19 heavy (non-hydrogen) atoms. The number of rotatable bonds is 3. The fourth-order valence-corrected chi connectivity index (χ4v) is 2.39. The van der Waals surface area contributed by atoms with Crippen LogP contribution in [0.5, 0.6) is 0 Å². The monoisotopic (exact) mass is 257 g/mol. The van der Waals surface area contributed by atoms with E-state index in [0.717, 1.165) is 31.4 Å². The van der Waals surface area contributed by atoms with E-state index >= 15 is 0 Å². The largest absolute Gasteiger partial charge is 0.445 e. The van der Waals surface area contributed by atoms with Gasteiger partial charge in [-0.2, -0.15) is 0 Å². The standard InChI is InChI=1S/C16H19NO2/c1-2-8-15-11-6-7-12-17(15)16(18)19-13-14-9-4-3-5-10-14/h1,3-5,9-10,15H,6-8,11-13H2/t15-/m1/s1. The van der Waals surface area contributed by atoms with Crippen LogP contribution in [0.2, 0.25) is 0 Å². The van der Waals surface area contributed by atoms with E-state index in [1.165, 1.54) is 0 Å². The average molecular weight is 257 g/mol. The molecule has 1 amide bonds. The van der Waals surface area contributed by atoms with Crippen molar-refractivity contribution in [1.29, 1.82) is 0 Å². The van der Waals surface area contributed by atoms with Gasteiger partial charge >= 0.3 is 6.09 Å². The van der Waals surface area contributed by atoms with E-state index in [-0.39, 0.29) is 12.1 Å². The van der Waals surface area contributed by atoms with Gasteiger partial charge in [0, 0.05) is 19.0 Å². The topological polar surface area (TPSA) is 29.5 Å². The van der Waals surface area contributed by atoms with Gasteiger partial charge in [0.2, 0.25) is 0 Å². The van der Waals surface area contributed by atoms with Gasteiger partial charge in [-0.3, -0.25) is 0 Å². The van der Waals surface area contributed by atoms with Gasteiger partial charge in [-0.25, -0.2) is 4.79 Å². The summed E-state index contributed by atoms with van der Waals surface area (Å²) in [7, 11) is 0. The normalized spacial score (nSPS) is 18.7. The van der Waals surface area contributed by atoms with Gasteiger partial charge in [0.15, 0.2) is 0 Å². The highest BCUT2D eigenvalue weighted by atomic mass is 16.6. The molecule has 0 N–H and O–H groups in total. The fraction of sp³-hybridized carbons (Fsp3) is 0.438. The lowest BCUT2D eigenvalue weighted by molar-refractivity contribution is 0.0692. The molecule has 2 rings (SSSR count). The summed E-state index contributed by atoms with van der Waals surface area (Å²) >= 11 is 0. The molecule has 1 atom stereocenters. The molecule has 0 radical (unpaired) electrons. The lowest BCUT2D eigenvalue weighted by Gasteiger charge is -2.33. The van der Waals surface area contributed by atoms with Crippen molar-refractivity contribution < 1.29 is 9.53 Å². The minimum atomic E-state index is -0.246. The molecule has 3 heteroatoms. The molecule has 0 aliphatic carbocycles. The van der Waals surface area contributed by atoms with Gasteiger partial charge in [0.25, 0.3) is 0 Å². The SMILES string of the molecule is C#CC[C@@H]1CCCCN1C(=O)OCc1ccccc1. The number of terminal acetylenes is 1. The van der Waals surface area contributed by atoms with E-state index in [0.29, 0.717) is 13.0 Å². The Balaban J connectivity index is 1.89. The maximum Gasteiger partial charge on any atom is 0.410 e. The van der Waals surface area contributed by atoms with Crippen molar-refractivity contribution >= 4 is 6.09 Å². The molecule has 1 aromatic carbocycles. The third-order valence-corrected chi connectivity index (χ3v) is 3.42. The quantitative estimate of drug-likeness (QED) is 0.778. The summed E-state index contributed by atoms with van der Waals surface area (Å²) in [6, 6.07) is 9.85. The van der Waals surface area contributed by atoms with Crippen LogP contribution in [0.4, 0.5) is 4.79 Å². The van der Waals surface area contributed by atoms with Crippen molar-refractivity contribution in [3.8, 4) is 12.3 Å². The number of carbonyl (C=O) groups excluding carboxylic acids is 1. The van der Waals surface area contributed by atoms with Gasteiger partial charge in [-0.05, 0) is 24.8 Å². The first-order valence-electron chi connectivity index (χ1n) is 6.72. The predicted octanol–water partition coefficient (Wildman–Crippen LogP) is 3.20. The first kappa shape index (κ1) is 13.5. The minimum Gasteiger partial charge on any atom is -0.445 e. The van der Waals surface area contributed by atoms with Crippen molar-refractivity contribution in [3.63, 3.8) is 0 Å². The number of ether oxygens (including phenoxy) is 1. The first-order chi connectivity index (χ1) is 9.31. The Bertz CT molecular complexity index is 450. The van der Waals surface area contributed by atoms with E-state index in [1.807, 2.05) is 30.3 Å². The molecular formula is C16H19NO2. The van der Waals surface area contributed by atoms with Gasteiger partial charge in [0.1, 0.15) is 6.61 Å². The van der Waals surface area contributed by atoms with E-state index in [1.54, 1.807) is 4.90 Å². The third-order valence-electron chi connectivity index (χ3n) is 3.42. The number of nitrogens with zero attached hydrogens (tertiary/aromatic N) is 1. The molecule has 0 bridgehead atoms. The zero-order valence-electron chi connectivity index (χ0n) is 11.0. The van der Waals surface area contributed by atoms with Crippen molar-refractivity contribution in [2.75, 3.05) is 6.54 Å². The number of hydrogen-bond acceptors (Lipinski definition) is 2. The molecule has 0 spiro atoms. The van der Waals surface area contributed by atoms with E-state index in [4.69, 9.17) is 11.2 Å². The zero-order valence-corrected chi connectivity index (χ0v) is 11.0. The van der Waals surface area contributed by atoms with Crippen molar-refractivity contribution in [1.82, 2.24) is 4.90 Å². The summed E-state index contributed by atoms with van der Waals surface area (Å²) in [5.74, 6) is 2.65. The van der Waals surface area contributed by atoms with Gasteiger partial charge in [-0.1, -0.05) is 30.3 Å². The number of likely N-dealkylation sites (tertiary alicyclic amines) is 1. The molecule has 1 aliphatic heterocycles. The Morgan fingerprint density at radius 1 is 1.37 bits per heavy atom. The van der Waals surface area contributed by atoms with E-state index in [2.05, 4.69) is 5.92 Å². The van der Waals surface area contributed by atoms with Crippen LogP contribution in [0.1, 0.15) is 31.2 Å². The minimum absolute atomic E-state index is 0.141. The van der Waals surface area contributed by atoms with E-state index < -0.39 is 0 Å². The Kier molecular flexibility index (Phi) is 4.85. The first-order valence-corrected chi connectivity index (χ1v) is 6.72. The van der Waals surface area contributed by atoms with Crippen molar-refractivity contribution in [3.05, 3.63) is 35.9 Å². The predicted molar refractivity (Wildman–Crippen MR) is 74.4 cm³/mol. The molecule has 3 nitrogen and oxygen atoms in total. The van der Waals surface area contributed by atoms with Crippen LogP contribution in [-0.4, -0.2) is 23.6 Å². The van der Waals surface area contributed by atoms with Crippen LogP contribution in [-0.2, 0) is 11.3 Å². The Morgan fingerprint density at radius 3 is 2.89 bits per heavy atom. The summed E-state index contributed by atoms with van der Waals surface area (Å²) in [4.78, 5) is 13.9. The Hall–Kier alpha value is -1.95. The second-order valence-electron chi connectivity index (χ2n) is 4.79. The fourth-order valence-electron chi connectivity index (χ4n) is 2.39. The van der Waals surface area contributed by atoms with E-state index in [9.17, 15) is 4.79 Å². The van der Waals surface area contributed by atoms with Crippen LogP contribution in [0.15, 0.2) is 30.3 Å². The number of carbonyl (C=O) groups is 1. The molecule has 1 aromatic rings. The second kappa shape index (κ2) is 6.84. The van der Waals surface area contributed by atoms with Gasteiger partial charge in [-0.15, -0.1) is 12.3 Å². The van der Waals surface area contributed by atoms with Crippen LogP contribution >= 0.6 is 0 Å². The van der Waals surface area contributed by atoms with Crippen molar-refractivity contribution in [2.24, 2.45) is 0 Å². The third kappa shape index (κ3) is 3.75. The lowest BCUT2D eigenvalue weighted by atomic mass is 10.0.